The van der Waals surface area contributed by atoms with E-state index in [4.69, 9.17) is 9.73 Å². The summed E-state index contributed by atoms with van der Waals surface area (Å²) in [5, 5.41) is 3.80. The van der Waals surface area contributed by atoms with Crippen LogP contribution >= 0.6 is 31.9 Å². The highest BCUT2D eigenvalue weighted by molar-refractivity contribution is 9.10. The number of rotatable bonds is 6. The fourth-order valence-corrected chi connectivity index (χ4v) is 5.92. The van der Waals surface area contributed by atoms with Gasteiger partial charge in [-0.05, 0) is 77.6 Å². The number of allylic oxidation sites excluding steroid dienone is 2. The third-order valence-electron chi connectivity index (χ3n) is 7.16. The van der Waals surface area contributed by atoms with Crippen molar-refractivity contribution in [2.24, 2.45) is 10.9 Å². The smallest absolute Gasteiger partial charge is 0.128 e. The van der Waals surface area contributed by atoms with Crippen LogP contribution in [0.4, 0.5) is 11.4 Å². The molecule has 5 heteroatoms. The largest absolute Gasteiger partial charge is 0.488 e. The predicted octanol–water partition coefficient (Wildman–Crippen LogP) is 9.37. The number of halogens is 2. The number of nitrogens with one attached hydrogen (secondary N) is 1. The highest BCUT2D eigenvalue weighted by Gasteiger charge is 2.37. The van der Waals surface area contributed by atoms with Gasteiger partial charge in [0.2, 0.25) is 0 Å². The van der Waals surface area contributed by atoms with E-state index in [-0.39, 0.29) is 6.04 Å². The molecule has 0 bridgehead atoms. The van der Waals surface area contributed by atoms with Crippen LogP contribution in [0, 0.1) is 5.92 Å². The number of benzene rings is 4. The summed E-state index contributed by atoms with van der Waals surface area (Å²) in [6.07, 6.45) is 7.69. The van der Waals surface area contributed by atoms with Crippen LogP contribution in [0.25, 0.3) is 0 Å². The Bertz CT molecular complexity index is 1460. The Balaban J connectivity index is 1.18. The molecule has 0 fully saturated rings. The molecular formula is C32H26Br2N2O. The summed E-state index contributed by atoms with van der Waals surface area (Å²) >= 11 is 7.06. The van der Waals surface area contributed by atoms with Crippen molar-refractivity contribution in [1.82, 2.24) is 0 Å². The number of hydrogen-bond acceptors (Lipinski definition) is 3. The molecule has 1 aliphatic heterocycles. The van der Waals surface area contributed by atoms with Crippen LogP contribution in [0.1, 0.15) is 40.6 Å². The number of aliphatic imine (C=N–C) groups is 1. The number of hydrogen-bond donors (Lipinski definition) is 1. The topological polar surface area (TPSA) is 33.6 Å². The minimum absolute atomic E-state index is 0.289. The van der Waals surface area contributed by atoms with E-state index in [0.29, 0.717) is 18.4 Å². The van der Waals surface area contributed by atoms with Gasteiger partial charge in [-0.1, -0.05) is 86.5 Å². The lowest BCUT2D eigenvalue weighted by Crippen LogP contribution is -2.28. The maximum atomic E-state index is 6.13. The number of ether oxygens (including phenoxy) is 1. The summed E-state index contributed by atoms with van der Waals surface area (Å²) in [6, 6.07) is 31.8. The van der Waals surface area contributed by atoms with Crippen molar-refractivity contribution < 1.29 is 4.74 Å². The third kappa shape index (κ3) is 5.29. The fraction of sp³-hybridized carbons (Fsp3) is 0.156. The summed E-state index contributed by atoms with van der Waals surface area (Å²) in [6.45, 7) is 0.499. The monoisotopic (exact) mass is 612 g/mol. The highest BCUT2D eigenvalue weighted by atomic mass is 79.9. The van der Waals surface area contributed by atoms with Crippen LogP contribution < -0.4 is 10.1 Å². The Morgan fingerprint density at radius 2 is 1.68 bits per heavy atom. The Hall–Kier alpha value is -3.15. The van der Waals surface area contributed by atoms with Crippen molar-refractivity contribution in [3.8, 4) is 5.75 Å². The van der Waals surface area contributed by atoms with Gasteiger partial charge in [-0.3, -0.25) is 4.99 Å². The van der Waals surface area contributed by atoms with E-state index in [9.17, 15) is 0 Å². The predicted molar refractivity (Wildman–Crippen MR) is 159 cm³/mol. The minimum Gasteiger partial charge on any atom is -0.488 e. The summed E-state index contributed by atoms with van der Waals surface area (Å²) in [7, 11) is 0. The molecule has 2 aliphatic rings. The average molecular weight is 614 g/mol. The van der Waals surface area contributed by atoms with Gasteiger partial charge in [0.25, 0.3) is 0 Å². The Morgan fingerprint density at radius 3 is 2.51 bits per heavy atom. The van der Waals surface area contributed by atoms with Gasteiger partial charge in [0, 0.05) is 32.3 Å². The van der Waals surface area contributed by atoms with E-state index >= 15 is 0 Å². The van der Waals surface area contributed by atoms with E-state index < -0.39 is 0 Å². The van der Waals surface area contributed by atoms with Gasteiger partial charge in [-0.25, -0.2) is 0 Å². The number of para-hydroxylation sites is 1. The first-order valence-electron chi connectivity index (χ1n) is 12.5. The molecule has 3 atom stereocenters. The van der Waals surface area contributed by atoms with E-state index in [1.54, 1.807) is 0 Å². The zero-order valence-corrected chi connectivity index (χ0v) is 23.3. The van der Waals surface area contributed by atoms with E-state index in [1.165, 1.54) is 16.8 Å². The SMILES string of the molecule is Brc1ccc(COc2ccc(Br)cc2C=Nc2ccc([C@@H]3Nc4ccccc4[C@@H]4C=CC[C@H]43)cc2)cc1. The molecule has 0 spiro atoms. The van der Waals surface area contributed by atoms with Crippen molar-refractivity contribution in [2.45, 2.75) is 25.0 Å². The number of anilines is 1. The molecule has 1 N–H and O–H groups in total. The Morgan fingerprint density at radius 1 is 0.892 bits per heavy atom. The molecule has 0 amide bonds. The molecule has 4 aromatic carbocycles. The molecule has 3 nitrogen and oxygen atoms in total. The molecule has 184 valence electrons. The lowest BCUT2D eigenvalue weighted by atomic mass is 9.77. The van der Waals surface area contributed by atoms with Crippen molar-refractivity contribution in [3.63, 3.8) is 0 Å². The Labute approximate surface area is 234 Å². The second-order valence-corrected chi connectivity index (χ2v) is 11.3. The molecule has 0 saturated carbocycles. The second-order valence-electron chi connectivity index (χ2n) is 9.51. The van der Waals surface area contributed by atoms with E-state index in [2.05, 4.69) is 110 Å². The first-order chi connectivity index (χ1) is 18.1. The zero-order valence-electron chi connectivity index (χ0n) is 20.1. The highest BCUT2D eigenvalue weighted by Crippen LogP contribution is 2.49. The van der Waals surface area contributed by atoms with Crippen LogP contribution in [-0.2, 0) is 6.61 Å². The quantitative estimate of drug-likeness (QED) is 0.174. The van der Waals surface area contributed by atoms with Gasteiger partial charge < -0.3 is 10.1 Å². The first kappa shape index (κ1) is 24.2. The second kappa shape index (κ2) is 10.7. The van der Waals surface area contributed by atoms with Crippen molar-refractivity contribution in [3.05, 3.63) is 134 Å². The van der Waals surface area contributed by atoms with Crippen molar-refractivity contribution >= 4 is 49.4 Å². The van der Waals surface area contributed by atoms with Crippen LogP contribution in [0.5, 0.6) is 5.75 Å². The van der Waals surface area contributed by atoms with Crippen LogP contribution in [0.15, 0.2) is 117 Å². The third-order valence-corrected chi connectivity index (χ3v) is 8.18. The van der Waals surface area contributed by atoms with Crippen molar-refractivity contribution in [1.29, 1.82) is 0 Å². The molecule has 1 aliphatic carbocycles. The standard InChI is InChI=1S/C32H26Br2N2O/c33-24-12-8-21(9-13-24)20-37-31-17-14-25(34)18-23(31)19-35-26-15-10-22(11-16-26)32-29-6-3-5-27(29)28-4-1-2-7-30(28)36-32/h1-5,7-19,27,29,32,36H,6,20H2/t27-,29+,32-/m0/s1. The van der Waals surface area contributed by atoms with Crippen LogP contribution in [0.2, 0.25) is 0 Å². The molecule has 6 rings (SSSR count). The lowest BCUT2D eigenvalue weighted by Gasteiger charge is -2.37. The maximum absolute atomic E-state index is 6.13. The fourth-order valence-electron chi connectivity index (χ4n) is 5.28. The molecule has 0 unspecified atom stereocenters. The number of nitrogens with zero attached hydrogens (tertiary/aromatic N) is 1. The van der Waals surface area contributed by atoms with E-state index in [0.717, 1.165) is 37.9 Å². The summed E-state index contributed by atoms with van der Waals surface area (Å²) in [4.78, 5) is 4.77. The van der Waals surface area contributed by atoms with Gasteiger partial charge >= 0.3 is 0 Å². The zero-order chi connectivity index (χ0) is 25.2. The molecule has 0 aromatic heterocycles. The molecule has 0 radical (unpaired) electrons. The van der Waals surface area contributed by atoms with Crippen LogP contribution in [0.3, 0.4) is 0 Å². The van der Waals surface area contributed by atoms with Gasteiger partial charge in [-0.15, -0.1) is 0 Å². The average Bonchev–Trinajstić information content (AvgIpc) is 3.43. The first-order valence-corrected chi connectivity index (χ1v) is 14.1. The molecule has 4 aromatic rings. The molecule has 1 heterocycles. The molecular weight excluding hydrogens is 588 g/mol. The normalized spacial score (nSPS) is 19.9. The van der Waals surface area contributed by atoms with Gasteiger partial charge in [0.05, 0.1) is 11.7 Å². The van der Waals surface area contributed by atoms with Gasteiger partial charge in [0.1, 0.15) is 12.4 Å². The lowest BCUT2D eigenvalue weighted by molar-refractivity contribution is 0.306. The van der Waals surface area contributed by atoms with Gasteiger partial charge in [-0.2, -0.15) is 0 Å². The van der Waals surface area contributed by atoms with E-state index in [1.807, 2.05) is 36.5 Å². The maximum Gasteiger partial charge on any atom is 0.128 e. The molecule has 37 heavy (non-hydrogen) atoms. The Kier molecular flexibility index (Phi) is 6.99. The molecule has 0 saturated heterocycles. The minimum atomic E-state index is 0.289. The van der Waals surface area contributed by atoms with Gasteiger partial charge in [0.15, 0.2) is 0 Å². The summed E-state index contributed by atoms with van der Waals surface area (Å²) < 4.78 is 8.18. The van der Waals surface area contributed by atoms with Crippen LogP contribution in [-0.4, -0.2) is 6.21 Å². The van der Waals surface area contributed by atoms with Crippen molar-refractivity contribution in [2.75, 3.05) is 5.32 Å². The number of fused-ring (bicyclic) bond motifs is 3. The summed E-state index contributed by atoms with van der Waals surface area (Å²) in [5.74, 6) is 1.82. The summed E-state index contributed by atoms with van der Waals surface area (Å²) in [5.41, 5.74) is 6.91.